The van der Waals surface area contributed by atoms with E-state index in [1.165, 1.54) is 26.0 Å². The van der Waals surface area contributed by atoms with Crippen LogP contribution in [-0.2, 0) is 4.79 Å². The normalized spacial score (nSPS) is 10.0. The van der Waals surface area contributed by atoms with Gasteiger partial charge in [-0.3, -0.25) is 9.59 Å². The number of methoxy groups -OCH3 is 2. The first-order chi connectivity index (χ1) is 11.5. The summed E-state index contributed by atoms with van der Waals surface area (Å²) in [5.74, 6) is 0.731. The lowest BCUT2D eigenvalue weighted by molar-refractivity contribution is -0.116. The van der Waals surface area contributed by atoms with Crippen molar-refractivity contribution < 1.29 is 19.1 Å². The first kappa shape index (κ1) is 17.3. The van der Waals surface area contributed by atoms with Crippen molar-refractivity contribution >= 4 is 23.2 Å². The maximum Gasteiger partial charge on any atom is 0.255 e. The molecular formula is C18H20N2O4. The molecule has 126 valence electrons. The van der Waals surface area contributed by atoms with Gasteiger partial charge < -0.3 is 19.7 Å². The third-order valence-electron chi connectivity index (χ3n) is 3.63. The number of hydrogen-bond donors (Lipinski definition) is 1. The highest BCUT2D eigenvalue weighted by Crippen LogP contribution is 2.28. The molecule has 0 aliphatic carbocycles. The van der Waals surface area contributed by atoms with Crippen LogP contribution in [0.1, 0.15) is 17.3 Å². The Morgan fingerprint density at radius 1 is 0.958 bits per heavy atom. The fourth-order valence-corrected chi connectivity index (χ4v) is 2.13. The molecule has 1 N–H and O–H groups in total. The molecule has 2 rings (SSSR count). The van der Waals surface area contributed by atoms with Gasteiger partial charge in [0.15, 0.2) is 11.5 Å². The Hall–Kier alpha value is -3.02. The molecule has 2 aromatic rings. The van der Waals surface area contributed by atoms with Crippen molar-refractivity contribution in [1.29, 1.82) is 0 Å². The van der Waals surface area contributed by atoms with Crippen molar-refractivity contribution in [2.45, 2.75) is 6.92 Å². The molecular weight excluding hydrogens is 308 g/mol. The molecule has 0 spiro atoms. The smallest absolute Gasteiger partial charge is 0.255 e. The maximum atomic E-state index is 12.3. The summed E-state index contributed by atoms with van der Waals surface area (Å²) < 4.78 is 10.4. The van der Waals surface area contributed by atoms with Crippen LogP contribution in [0.25, 0.3) is 0 Å². The molecule has 0 unspecified atom stereocenters. The Bertz CT molecular complexity index is 741. The van der Waals surface area contributed by atoms with Crippen LogP contribution in [0, 0.1) is 0 Å². The number of ether oxygens (including phenoxy) is 2. The minimum atomic E-state index is -0.261. The van der Waals surface area contributed by atoms with Gasteiger partial charge in [-0.05, 0) is 42.5 Å². The maximum absolute atomic E-state index is 12.3. The molecule has 0 saturated heterocycles. The number of nitrogens with zero attached hydrogens (tertiary/aromatic N) is 1. The van der Waals surface area contributed by atoms with E-state index in [1.807, 2.05) is 0 Å². The predicted molar refractivity (Wildman–Crippen MR) is 93.0 cm³/mol. The van der Waals surface area contributed by atoms with Crippen LogP contribution in [0.3, 0.4) is 0 Å². The monoisotopic (exact) mass is 328 g/mol. The Kier molecular flexibility index (Phi) is 5.42. The minimum Gasteiger partial charge on any atom is -0.493 e. The molecule has 6 nitrogen and oxygen atoms in total. The van der Waals surface area contributed by atoms with Gasteiger partial charge in [-0.15, -0.1) is 0 Å². The van der Waals surface area contributed by atoms with Crippen molar-refractivity contribution in [2.75, 3.05) is 31.5 Å². The van der Waals surface area contributed by atoms with Crippen LogP contribution in [0.15, 0.2) is 42.5 Å². The molecule has 0 saturated carbocycles. The summed E-state index contributed by atoms with van der Waals surface area (Å²) in [6, 6.07) is 12.0. The fraction of sp³-hybridized carbons (Fsp3) is 0.222. The number of anilines is 2. The predicted octanol–water partition coefficient (Wildman–Crippen LogP) is 2.94. The number of carbonyl (C=O) groups is 2. The Morgan fingerprint density at radius 2 is 1.58 bits per heavy atom. The average Bonchev–Trinajstić information content (AvgIpc) is 2.60. The summed E-state index contributed by atoms with van der Waals surface area (Å²) in [6.07, 6.45) is 0. The molecule has 6 heteroatoms. The topological polar surface area (TPSA) is 67.9 Å². The summed E-state index contributed by atoms with van der Waals surface area (Å²) in [4.78, 5) is 25.2. The molecule has 0 atom stereocenters. The van der Waals surface area contributed by atoms with E-state index < -0.39 is 0 Å². The van der Waals surface area contributed by atoms with E-state index in [1.54, 1.807) is 49.5 Å². The Labute approximate surface area is 141 Å². The van der Waals surface area contributed by atoms with E-state index in [-0.39, 0.29) is 11.8 Å². The minimum absolute atomic E-state index is 0.0582. The number of nitrogens with one attached hydrogen (secondary N) is 1. The van der Waals surface area contributed by atoms with Gasteiger partial charge in [0.25, 0.3) is 5.91 Å². The fourth-order valence-electron chi connectivity index (χ4n) is 2.13. The molecule has 0 bridgehead atoms. The molecule has 0 radical (unpaired) electrons. The van der Waals surface area contributed by atoms with Crippen LogP contribution < -0.4 is 19.7 Å². The van der Waals surface area contributed by atoms with Crippen LogP contribution in [0.5, 0.6) is 11.5 Å². The van der Waals surface area contributed by atoms with Crippen LogP contribution in [0.2, 0.25) is 0 Å². The van der Waals surface area contributed by atoms with E-state index >= 15 is 0 Å². The second kappa shape index (κ2) is 7.50. The molecule has 0 fully saturated rings. The summed E-state index contributed by atoms with van der Waals surface area (Å²) in [7, 11) is 4.75. The van der Waals surface area contributed by atoms with Gasteiger partial charge in [0, 0.05) is 30.9 Å². The number of rotatable bonds is 5. The number of benzene rings is 2. The summed E-state index contributed by atoms with van der Waals surface area (Å²) >= 11 is 0. The van der Waals surface area contributed by atoms with Crippen molar-refractivity contribution in [1.82, 2.24) is 0 Å². The van der Waals surface area contributed by atoms with Crippen molar-refractivity contribution in [3.63, 3.8) is 0 Å². The quantitative estimate of drug-likeness (QED) is 0.916. The van der Waals surface area contributed by atoms with E-state index in [2.05, 4.69) is 5.32 Å². The lowest BCUT2D eigenvalue weighted by Gasteiger charge is -2.15. The van der Waals surface area contributed by atoms with Gasteiger partial charge in [0.05, 0.1) is 14.2 Å². The van der Waals surface area contributed by atoms with Crippen LogP contribution in [-0.4, -0.2) is 33.1 Å². The third kappa shape index (κ3) is 3.84. The molecule has 0 aliphatic heterocycles. The molecule has 2 aromatic carbocycles. The van der Waals surface area contributed by atoms with E-state index in [9.17, 15) is 9.59 Å². The van der Waals surface area contributed by atoms with Gasteiger partial charge in [0.1, 0.15) is 0 Å². The zero-order valence-electron chi connectivity index (χ0n) is 14.1. The zero-order chi connectivity index (χ0) is 17.7. The van der Waals surface area contributed by atoms with Gasteiger partial charge in [-0.1, -0.05) is 0 Å². The lowest BCUT2D eigenvalue weighted by atomic mass is 10.1. The average molecular weight is 328 g/mol. The Morgan fingerprint density at radius 3 is 2.12 bits per heavy atom. The van der Waals surface area contributed by atoms with Crippen molar-refractivity contribution in [3.05, 3.63) is 48.0 Å². The summed E-state index contributed by atoms with van der Waals surface area (Å²) in [5.41, 5.74) is 1.85. The standard InChI is InChI=1S/C18H20N2O4/c1-12(21)20(2)15-8-6-14(7-9-15)19-18(22)13-5-10-16(23-3)17(11-13)24-4/h5-11H,1-4H3,(H,19,22). The van der Waals surface area contributed by atoms with E-state index in [4.69, 9.17) is 9.47 Å². The first-order valence-electron chi connectivity index (χ1n) is 7.34. The molecule has 2 amide bonds. The Balaban J connectivity index is 2.13. The number of carbonyl (C=O) groups excluding carboxylic acids is 2. The second-order valence-electron chi connectivity index (χ2n) is 5.15. The lowest BCUT2D eigenvalue weighted by Crippen LogP contribution is -2.22. The van der Waals surface area contributed by atoms with Crippen molar-refractivity contribution in [2.24, 2.45) is 0 Å². The number of hydrogen-bond acceptors (Lipinski definition) is 4. The molecule has 0 aromatic heterocycles. The SMILES string of the molecule is COc1ccc(C(=O)Nc2ccc(N(C)C(C)=O)cc2)cc1OC. The molecule has 0 heterocycles. The van der Waals surface area contributed by atoms with Gasteiger partial charge in [0.2, 0.25) is 5.91 Å². The van der Waals surface area contributed by atoms with E-state index in [0.29, 0.717) is 22.7 Å². The zero-order valence-corrected chi connectivity index (χ0v) is 14.1. The van der Waals surface area contributed by atoms with Gasteiger partial charge >= 0.3 is 0 Å². The first-order valence-corrected chi connectivity index (χ1v) is 7.34. The van der Waals surface area contributed by atoms with Crippen molar-refractivity contribution in [3.8, 4) is 11.5 Å². The highest BCUT2D eigenvalue weighted by molar-refractivity contribution is 6.04. The largest absolute Gasteiger partial charge is 0.493 e. The van der Waals surface area contributed by atoms with Gasteiger partial charge in [-0.2, -0.15) is 0 Å². The highest BCUT2D eigenvalue weighted by Gasteiger charge is 2.11. The van der Waals surface area contributed by atoms with Gasteiger partial charge in [-0.25, -0.2) is 0 Å². The third-order valence-corrected chi connectivity index (χ3v) is 3.63. The summed E-state index contributed by atoms with van der Waals surface area (Å²) in [5, 5.41) is 2.80. The second-order valence-corrected chi connectivity index (χ2v) is 5.15. The van der Waals surface area contributed by atoms with E-state index in [0.717, 1.165) is 5.69 Å². The highest BCUT2D eigenvalue weighted by atomic mass is 16.5. The number of amides is 2. The van der Waals surface area contributed by atoms with Crippen LogP contribution >= 0.6 is 0 Å². The summed E-state index contributed by atoms with van der Waals surface area (Å²) in [6.45, 7) is 1.49. The van der Waals surface area contributed by atoms with Crippen LogP contribution in [0.4, 0.5) is 11.4 Å². The molecule has 0 aliphatic rings. The molecule has 24 heavy (non-hydrogen) atoms.